The third-order valence-corrected chi connectivity index (χ3v) is 3.68. The summed E-state index contributed by atoms with van der Waals surface area (Å²) < 4.78 is 0. The van der Waals surface area contributed by atoms with E-state index in [4.69, 9.17) is 11.6 Å². The molecule has 1 aromatic carbocycles. The summed E-state index contributed by atoms with van der Waals surface area (Å²) in [4.78, 5) is 13.5. The molecule has 1 rings (SSSR count). The van der Waals surface area contributed by atoms with Gasteiger partial charge in [0.25, 0.3) is 5.91 Å². The smallest absolute Gasteiger partial charge is 0.253 e. The fourth-order valence-corrected chi connectivity index (χ4v) is 2.07. The van der Waals surface area contributed by atoms with Gasteiger partial charge in [-0.2, -0.15) is 0 Å². The van der Waals surface area contributed by atoms with Gasteiger partial charge in [-0.3, -0.25) is 4.79 Å². The van der Waals surface area contributed by atoms with Crippen LogP contribution < -0.4 is 5.32 Å². The van der Waals surface area contributed by atoms with Crippen LogP contribution in [0.4, 0.5) is 5.69 Å². The highest BCUT2D eigenvalue weighted by atomic mass is 35.5. The standard InChI is InChI=1S/C15H23ClN2O/c1-5-11(6-2)10-17-14-9-12(7-8-13(14)16)15(19)18(3)4/h7-9,11,17H,5-6,10H2,1-4H3. The molecule has 0 spiro atoms. The van der Waals surface area contributed by atoms with E-state index in [9.17, 15) is 4.79 Å². The second kappa shape index (κ2) is 7.39. The zero-order valence-corrected chi connectivity index (χ0v) is 12.9. The molecule has 4 heteroatoms. The Kier molecular flexibility index (Phi) is 6.16. The van der Waals surface area contributed by atoms with E-state index in [1.54, 1.807) is 31.1 Å². The minimum atomic E-state index is -0.0118. The number of halogens is 1. The molecule has 106 valence electrons. The second-order valence-electron chi connectivity index (χ2n) is 4.96. The predicted octanol–water partition coefficient (Wildman–Crippen LogP) is 3.89. The third kappa shape index (κ3) is 4.43. The fraction of sp³-hybridized carbons (Fsp3) is 0.533. The first-order valence-corrected chi connectivity index (χ1v) is 7.12. The highest BCUT2D eigenvalue weighted by Crippen LogP contribution is 2.24. The number of hydrogen-bond donors (Lipinski definition) is 1. The average molecular weight is 283 g/mol. The number of hydrogen-bond acceptors (Lipinski definition) is 2. The molecule has 3 nitrogen and oxygen atoms in total. The molecule has 19 heavy (non-hydrogen) atoms. The van der Waals surface area contributed by atoms with E-state index in [1.165, 1.54) is 0 Å². The molecule has 0 aliphatic carbocycles. The van der Waals surface area contributed by atoms with Gasteiger partial charge in [0.05, 0.1) is 10.7 Å². The summed E-state index contributed by atoms with van der Waals surface area (Å²) in [5.41, 5.74) is 1.49. The Balaban J connectivity index is 2.83. The maximum absolute atomic E-state index is 11.9. The summed E-state index contributed by atoms with van der Waals surface area (Å²) in [6.07, 6.45) is 2.27. The molecule has 0 bridgehead atoms. The highest BCUT2D eigenvalue weighted by molar-refractivity contribution is 6.33. The number of rotatable bonds is 6. The number of carbonyl (C=O) groups is 1. The van der Waals surface area contributed by atoms with Crippen molar-refractivity contribution in [3.05, 3.63) is 28.8 Å². The van der Waals surface area contributed by atoms with Gasteiger partial charge in [0.1, 0.15) is 0 Å². The van der Waals surface area contributed by atoms with Crippen LogP contribution in [-0.4, -0.2) is 31.4 Å². The molecule has 0 fully saturated rings. The minimum absolute atomic E-state index is 0.0118. The number of anilines is 1. The number of nitrogens with one attached hydrogen (secondary N) is 1. The molecular weight excluding hydrogens is 260 g/mol. The van der Waals surface area contributed by atoms with E-state index in [-0.39, 0.29) is 5.91 Å². The number of benzene rings is 1. The minimum Gasteiger partial charge on any atom is -0.384 e. The molecule has 0 atom stereocenters. The normalized spacial score (nSPS) is 10.6. The molecule has 1 amide bonds. The Morgan fingerprint density at radius 3 is 2.47 bits per heavy atom. The molecule has 0 aliphatic rings. The lowest BCUT2D eigenvalue weighted by Gasteiger charge is -2.17. The molecule has 1 N–H and O–H groups in total. The molecule has 0 unspecified atom stereocenters. The molecule has 0 saturated heterocycles. The van der Waals surface area contributed by atoms with Crippen molar-refractivity contribution in [2.75, 3.05) is 26.0 Å². The van der Waals surface area contributed by atoms with Crippen LogP contribution in [0.25, 0.3) is 0 Å². The van der Waals surface area contributed by atoms with E-state index in [0.717, 1.165) is 25.1 Å². The summed E-state index contributed by atoms with van der Waals surface area (Å²) in [5.74, 6) is 0.617. The molecule has 0 aromatic heterocycles. The monoisotopic (exact) mass is 282 g/mol. The van der Waals surface area contributed by atoms with Gasteiger partial charge in [-0.25, -0.2) is 0 Å². The number of nitrogens with zero attached hydrogens (tertiary/aromatic N) is 1. The molecule has 0 aliphatic heterocycles. The quantitative estimate of drug-likeness (QED) is 0.858. The van der Waals surface area contributed by atoms with Crippen LogP contribution in [0.15, 0.2) is 18.2 Å². The van der Waals surface area contributed by atoms with Crippen molar-refractivity contribution < 1.29 is 4.79 Å². The van der Waals surface area contributed by atoms with Crippen LogP contribution in [0, 0.1) is 5.92 Å². The van der Waals surface area contributed by atoms with Crippen molar-refractivity contribution in [1.82, 2.24) is 4.90 Å². The first-order chi connectivity index (χ1) is 8.99. The second-order valence-corrected chi connectivity index (χ2v) is 5.36. The van der Waals surface area contributed by atoms with Crippen molar-refractivity contribution in [3.8, 4) is 0 Å². The zero-order valence-electron chi connectivity index (χ0n) is 12.2. The van der Waals surface area contributed by atoms with E-state index in [2.05, 4.69) is 19.2 Å². The third-order valence-electron chi connectivity index (χ3n) is 3.36. The predicted molar refractivity (Wildman–Crippen MR) is 82.0 cm³/mol. The summed E-state index contributed by atoms with van der Waals surface area (Å²) >= 11 is 6.16. The first kappa shape index (κ1) is 15.8. The lowest BCUT2D eigenvalue weighted by molar-refractivity contribution is 0.0827. The summed E-state index contributed by atoms with van der Waals surface area (Å²) in [6.45, 7) is 5.25. The van der Waals surface area contributed by atoms with Gasteiger partial charge in [0.2, 0.25) is 0 Å². The van der Waals surface area contributed by atoms with Crippen molar-refractivity contribution in [2.45, 2.75) is 26.7 Å². The fourth-order valence-electron chi connectivity index (χ4n) is 1.88. The van der Waals surface area contributed by atoms with Crippen LogP contribution in [0.3, 0.4) is 0 Å². The van der Waals surface area contributed by atoms with Crippen molar-refractivity contribution in [1.29, 1.82) is 0 Å². The van der Waals surface area contributed by atoms with Gasteiger partial charge in [-0.15, -0.1) is 0 Å². The lowest BCUT2D eigenvalue weighted by atomic mass is 10.0. The topological polar surface area (TPSA) is 32.3 Å². The maximum Gasteiger partial charge on any atom is 0.253 e. The largest absolute Gasteiger partial charge is 0.384 e. The Bertz CT molecular complexity index is 428. The SMILES string of the molecule is CCC(CC)CNc1cc(C(=O)N(C)C)ccc1Cl. The Labute approximate surface area is 120 Å². The van der Waals surface area contributed by atoms with Crippen LogP contribution in [0.1, 0.15) is 37.0 Å². The zero-order chi connectivity index (χ0) is 14.4. The van der Waals surface area contributed by atoms with E-state index in [0.29, 0.717) is 16.5 Å². The van der Waals surface area contributed by atoms with Gasteiger partial charge < -0.3 is 10.2 Å². The maximum atomic E-state index is 11.9. The van der Waals surface area contributed by atoms with Crippen LogP contribution in [0.2, 0.25) is 5.02 Å². The highest BCUT2D eigenvalue weighted by Gasteiger charge is 2.11. The number of amides is 1. The van der Waals surface area contributed by atoms with Gasteiger partial charge in [-0.05, 0) is 24.1 Å². The lowest BCUT2D eigenvalue weighted by Crippen LogP contribution is -2.22. The molecule has 1 aromatic rings. The summed E-state index contributed by atoms with van der Waals surface area (Å²) in [5, 5.41) is 4.00. The number of carbonyl (C=O) groups excluding carboxylic acids is 1. The van der Waals surface area contributed by atoms with Gasteiger partial charge in [0, 0.05) is 26.2 Å². The average Bonchev–Trinajstić information content (AvgIpc) is 2.40. The molecule has 0 radical (unpaired) electrons. The van der Waals surface area contributed by atoms with Crippen LogP contribution >= 0.6 is 11.6 Å². The Morgan fingerprint density at radius 2 is 1.95 bits per heavy atom. The molecular formula is C15H23ClN2O. The van der Waals surface area contributed by atoms with Crippen LogP contribution in [-0.2, 0) is 0 Å². The van der Waals surface area contributed by atoms with Crippen LogP contribution in [0.5, 0.6) is 0 Å². The van der Waals surface area contributed by atoms with Gasteiger partial charge in [-0.1, -0.05) is 38.3 Å². The van der Waals surface area contributed by atoms with Gasteiger partial charge >= 0.3 is 0 Å². The van der Waals surface area contributed by atoms with Crippen molar-refractivity contribution in [3.63, 3.8) is 0 Å². The van der Waals surface area contributed by atoms with Crippen molar-refractivity contribution in [2.24, 2.45) is 5.92 Å². The van der Waals surface area contributed by atoms with E-state index >= 15 is 0 Å². The summed E-state index contributed by atoms with van der Waals surface area (Å²) in [6, 6.07) is 5.35. The Morgan fingerprint density at radius 1 is 1.32 bits per heavy atom. The summed E-state index contributed by atoms with van der Waals surface area (Å²) in [7, 11) is 3.49. The van der Waals surface area contributed by atoms with E-state index < -0.39 is 0 Å². The molecule has 0 heterocycles. The molecule has 0 saturated carbocycles. The van der Waals surface area contributed by atoms with Gasteiger partial charge in [0.15, 0.2) is 0 Å². The first-order valence-electron chi connectivity index (χ1n) is 6.74. The van der Waals surface area contributed by atoms with Crippen molar-refractivity contribution >= 4 is 23.2 Å². The Hall–Kier alpha value is -1.22. The van der Waals surface area contributed by atoms with E-state index in [1.807, 2.05) is 6.07 Å².